The van der Waals surface area contributed by atoms with Crippen molar-refractivity contribution in [3.05, 3.63) is 12.0 Å². The summed E-state index contributed by atoms with van der Waals surface area (Å²) in [5.74, 6) is 0.417. The second kappa shape index (κ2) is 3.60. The normalized spacial score (nSPS) is 19.6. The third kappa shape index (κ3) is 2.57. The summed E-state index contributed by atoms with van der Waals surface area (Å²) in [6.45, 7) is 6.10. The second-order valence-corrected chi connectivity index (χ2v) is 3.22. The van der Waals surface area contributed by atoms with Crippen molar-refractivity contribution < 1.29 is 14.3 Å². The summed E-state index contributed by atoms with van der Waals surface area (Å²) in [7, 11) is 0. The van der Waals surface area contributed by atoms with Gasteiger partial charge in [-0.3, -0.25) is 4.79 Å². The van der Waals surface area contributed by atoms with Gasteiger partial charge in [-0.05, 0) is 20.8 Å². The lowest BCUT2D eigenvalue weighted by Crippen LogP contribution is -2.25. The van der Waals surface area contributed by atoms with Crippen LogP contribution in [-0.2, 0) is 14.3 Å². The Morgan fingerprint density at radius 2 is 2.38 bits per heavy atom. The Labute approximate surface area is 77.2 Å². The van der Waals surface area contributed by atoms with E-state index in [9.17, 15) is 4.79 Å². The molecule has 0 N–H and O–H groups in total. The average Bonchev–Trinajstić information content (AvgIpc) is 2.02. The highest BCUT2D eigenvalue weighted by Crippen LogP contribution is 2.20. The SMILES string of the molecule is CCOC1=CC(C)(C)N=C(C=O)O1. The zero-order valence-corrected chi connectivity index (χ0v) is 8.03. The van der Waals surface area contributed by atoms with Gasteiger partial charge in [0.1, 0.15) is 0 Å². The Hall–Kier alpha value is -1.32. The molecule has 0 aromatic heterocycles. The van der Waals surface area contributed by atoms with E-state index >= 15 is 0 Å². The summed E-state index contributed by atoms with van der Waals surface area (Å²) in [6.07, 6.45) is 2.32. The van der Waals surface area contributed by atoms with E-state index in [0.717, 1.165) is 0 Å². The molecule has 0 bridgehead atoms. The molecule has 1 aliphatic heterocycles. The fourth-order valence-corrected chi connectivity index (χ4v) is 1.02. The molecule has 72 valence electrons. The number of rotatable bonds is 3. The predicted octanol–water partition coefficient (Wildman–Crippen LogP) is 1.27. The number of nitrogens with zero attached hydrogens (tertiary/aromatic N) is 1. The molecule has 1 heterocycles. The van der Waals surface area contributed by atoms with E-state index in [1.807, 2.05) is 20.8 Å². The summed E-state index contributed by atoms with van der Waals surface area (Å²) in [5, 5.41) is 0. The van der Waals surface area contributed by atoms with Crippen molar-refractivity contribution in [3.63, 3.8) is 0 Å². The molecular weight excluding hydrogens is 170 g/mol. The van der Waals surface area contributed by atoms with E-state index < -0.39 is 5.54 Å². The van der Waals surface area contributed by atoms with Crippen LogP contribution in [0.3, 0.4) is 0 Å². The van der Waals surface area contributed by atoms with Gasteiger partial charge in [-0.1, -0.05) is 0 Å². The third-order valence-corrected chi connectivity index (χ3v) is 1.46. The van der Waals surface area contributed by atoms with Crippen LogP contribution in [0, 0.1) is 0 Å². The van der Waals surface area contributed by atoms with E-state index in [-0.39, 0.29) is 5.90 Å². The molecule has 4 nitrogen and oxygen atoms in total. The van der Waals surface area contributed by atoms with Gasteiger partial charge in [0.05, 0.1) is 12.1 Å². The zero-order valence-electron chi connectivity index (χ0n) is 8.03. The lowest BCUT2D eigenvalue weighted by molar-refractivity contribution is -0.104. The zero-order chi connectivity index (χ0) is 9.90. The Bertz CT molecular complexity index is 266. The molecule has 4 heteroatoms. The van der Waals surface area contributed by atoms with Crippen molar-refractivity contribution in [1.29, 1.82) is 0 Å². The first-order valence-corrected chi connectivity index (χ1v) is 4.16. The highest BCUT2D eigenvalue weighted by Gasteiger charge is 2.23. The molecule has 0 aromatic rings. The maximum absolute atomic E-state index is 10.5. The van der Waals surface area contributed by atoms with E-state index in [2.05, 4.69) is 4.99 Å². The first kappa shape index (κ1) is 9.77. The molecule has 0 amide bonds. The van der Waals surface area contributed by atoms with Crippen molar-refractivity contribution in [1.82, 2.24) is 0 Å². The summed E-state index contributed by atoms with van der Waals surface area (Å²) >= 11 is 0. The van der Waals surface area contributed by atoms with Gasteiger partial charge in [-0.2, -0.15) is 0 Å². The van der Waals surface area contributed by atoms with Gasteiger partial charge in [0.15, 0.2) is 0 Å². The predicted molar refractivity (Wildman–Crippen MR) is 48.4 cm³/mol. The quantitative estimate of drug-likeness (QED) is 0.619. The first-order chi connectivity index (χ1) is 6.07. The average molecular weight is 183 g/mol. The van der Waals surface area contributed by atoms with Gasteiger partial charge in [0, 0.05) is 6.08 Å². The molecule has 0 aliphatic carbocycles. The van der Waals surface area contributed by atoms with Crippen LogP contribution in [0.25, 0.3) is 0 Å². The van der Waals surface area contributed by atoms with Gasteiger partial charge in [0.2, 0.25) is 6.29 Å². The monoisotopic (exact) mass is 183 g/mol. The summed E-state index contributed by atoms with van der Waals surface area (Å²) in [6, 6.07) is 0. The number of aliphatic imine (C=N–C) groups is 1. The van der Waals surface area contributed by atoms with Crippen molar-refractivity contribution in [3.8, 4) is 0 Å². The van der Waals surface area contributed by atoms with Crippen LogP contribution < -0.4 is 0 Å². The Morgan fingerprint density at radius 3 is 2.92 bits per heavy atom. The van der Waals surface area contributed by atoms with Crippen molar-refractivity contribution in [2.24, 2.45) is 4.99 Å². The number of hydrogen-bond donors (Lipinski definition) is 0. The van der Waals surface area contributed by atoms with E-state index in [1.54, 1.807) is 6.08 Å². The number of ether oxygens (including phenoxy) is 2. The van der Waals surface area contributed by atoms with Crippen LogP contribution in [0.2, 0.25) is 0 Å². The van der Waals surface area contributed by atoms with Gasteiger partial charge >= 0.3 is 0 Å². The van der Waals surface area contributed by atoms with E-state index in [0.29, 0.717) is 18.8 Å². The van der Waals surface area contributed by atoms with Gasteiger partial charge < -0.3 is 9.47 Å². The maximum Gasteiger partial charge on any atom is 0.284 e. The number of hydrogen-bond acceptors (Lipinski definition) is 4. The number of carbonyl (C=O) groups excluding carboxylic acids is 1. The van der Waals surface area contributed by atoms with Crippen LogP contribution in [0.4, 0.5) is 0 Å². The second-order valence-electron chi connectivity index (χ2n) is 3.22. The van der Waals surface area contributed by atoms with Crippen molar-refractivity contribution in [2.75, 3.05) is 6.61 Å². The molecule has 0 spiro atoms. The summed E-state index contributed by atoms with van der Waals surface area (Å²) < 4.78 is 10.2. The molecule has 0 saturated carbocycles. The molecule has 0 saturated heterocycles. The minimum Gasteiger partial charge on any atom is -0.466 e. The molecule has 13 heavy (non-hydrogen) atoms. The third-order valence-electron chi connectivity index (χ3n) is 1.46. The molecule has 0 aromatic carbocycles. The van der Waals surface area contributed by atoms with Crippen molar-refractivity contribution >= 4 is 12.2 Å². The maximum atomic E-state index is 10.5. The Morgan fingerprint density at radius 1 is 1.69 bits per heavy atom. The van der Waals surface area contributed by atoms with Crippen LogP contribution in [0.15, 0.2) is 17.0 Å². The number of aldehydes is 1. The van der Waals surface area contributed by atoms with Crippen LogP contribution >= 0.6 is 0 Å². The molecular formula is C9H13NO3. The van der Waals surface area contributed by atoms with Crippen molar-refractivity contribution in [2.45, 2.75) is 26.3 Å². The molecule has 1 aliphatic rings. The lowest BCUT2D eigenvalue weighted by Gasteiger charge is -2.22. The minimum absolute atomic E-state index is 0.0657. The Kier molecular flexibility index (Phi) is 2.70. The smallest absolute Gasteiger partial charge is 0.284 e. The van der Waals surface area contributed by atoms with Crippen LogP contribution in [0.1, 0.15) is 20.8 Å². The first-order valence-electron chi connectivity index (χ1n) is 4.16. The fourth-order valence-electron chi connectivity index (χ4n) is 1.02. The Balaban J connectivity index is 2.81. The molecule has 0 unspecified atom stereocenters. The number of carbonyl (C=O) groups is 1. The van der Waals surface area contributed by atoms with Gasteiger partial charge in [-0.15, -0.1) is 0 Å². The lowest BCUT2D eigenvalue weighted by atomic mass is 10.1. The summed E-state index contributed by atoms with van der Waals surface area (Å²) in [5.41, 5.74) is -0.432. The molecule has 0 radical (unpaired) electrons. The standard InChI is InChI=1S/C9H13NO3/c1-4-12-8-5-9(2,3)10-7(6-11)13-8/h5-6H,4H2,1-3H3. The van der Waals surface area contributed by atoms with E-state index in [1.165, 1.54) is 0 Å². The fraction of sp³-hybridized carbons (Fsp3) is 0.556. The highest BCUT2D eigenvalue weighted by molar-refractivity contribution is 6.24. The van der Waals surface area contributed by atoms with Crippen LogP contribution in [0.5, 0.6) is 0 Å². The van der Waals surface area contributed by atoms with Gasteiger partial charge in [0.25, 0.3) is 11.8 Å². The molecule has 0 atom stereocenters. The van der Waals surface area contributed by atoms with Crippen LogP contribution in [-0.4, -0.2) is 24.3 Å². The largest absolute Gasteiger partial charge is 0.466 e. The molecule has 0 fully saturated rings. The van der Waals surface area contributed by atoms with E-state index in [4.69, 9.17) is 9.47 Å². The minimum atomic E-state index is -0.432. The summed E-state index contributed by atoms with van der Waals surface area (Å²) in [4.78, 5) is 14.5. The highest BCUT2D eigenvalue weighted by atomic mass is 16.7. The topological polar surface area (TPSA) is 47.9 Å². The molecule has 1 rings (SSSR count). The van der Waals surface area contributed by atoms with Gasteiger partial charge in [-0.25, -0.2) is 4.99 Å².